The van der Waals surface area contributed by atoms with E-state index in [4.69, 9.17) is 0 Å². The second-order valence-electron chi connectivity index (χ2n) is 19.7. The minimum atomic E-state index is 0. The molecule has 0 fully saturated rings. The molecule has 0 atom stereocenters. The van der Waals surface area contributed by atoms with Gasteiger partial charge in [0.15, 0.2) is 0 Å². The van der Waals surface area contributed by atoms with Crippen LogP contribution >= 0.6 is 12.1 Å². The summed E-state index contributed by atoms with van der Waals surface area (Å²) in [7, 11) is 1.96. The summed E-state index contributed by atoms with van der Waals surface area (Å²) >= 11 is 0.246. The number of hydrogen-bond donors (Lipinski definition) is 2. The third-order valence-electron chi connectivity index (χ3n) is 12.2. The first kappa shape index (κ1) is 91.1. The molecule has 81 heavy (non-hydrogen) atoms. The molecular weight excluding hydrogens is 1010 g/mol. The van der Waals surface area contributed by atoms with Crippen LogP contribution in [0, 0.1) is 45.6 Å². The van der Waals surface area contributed by atoms with Crippen LogP contribution in [0.1, 0.15) is 248 Å². The quantitative estimate of drug-likeness (QED) is 0.0165. The number of hydrogen-bond acceptors (Lipinski definition) is 3. The van der Waals surface area contributed by atoms with Crippen LogP contribution in [0.5, 0.6) is 0 Å². The molecule has 0 radical (unpaired) electrons. The summed E-state index contributed by atoms with van der Waals surface area (Å²) in [6.07, 6.45) is 28.6. The van der Waals surface area contributed by atoms with Gasteiger partial charge in [0.05, 0.1) is 6.67 Å². The summed E-state index contributed by atoms with van der Waals surface area (Å²) in [5.41, 5.74) is 15.8. The Morgan fingerprint density at radius 2 is 1.26 bits per heavy atom. The Bertz CT molecular complexity index is 2070. The molecule has 0 saturated heterocycles. The van der Waals surface area contributed by atoms with E-state index in [1.807, 2.05) is 79.8 Å². The zero-order valence-corrected chi connectivity index (χ0v) is 59.2. The van der Waals surface area contributed by atoms with Gasteiger partial charge in [0.1, 0.15) is 0 Å². The fourth-order valence-corrected chi connectivity index (χ4v) is 8.40. The Labute approximate surface area is 533 Å². The summed E-state index contributed by atoms with van der Waals surface area (Å²) in [4.78, 5) is 0.612. The van der Waals surface area contributed by atoms with Gasteiger partial charge >= 0.3 is 29.6 Å². The van der Waals surface area contributed by atoms with E-state index in [-0.39, 0.29) is 49.1 Å². The van der Waals surface area contributed by atoms with E-state index in [1.54, 1.807) is 17.7 Å². The van der Waals surface area contributed by atoms with Crippen molar-refractivity contribution in [2.45, 2.75) is 247 Å². The number of aryl methyl sites for hydroxylation is 4. The van der Waals surface area contributed by atoms with Crippen molar-refractivity contribution in [3.63, 3.8) is 0 Å². The molecule has 0 amide bonds. The second kappa shape index (κ2) is 67.2. The van der Waals surface area contributed by atoms with E-state index in [0.717, 1.165) is 30.3 Å². The van der Waals surface area contributed by atoms with Crippen molar-refractivity contribution in [2.24, 2.45) is 11.8 Å². The summed E-state index contributed by atoms with van der Waals surface area (Å²) in [5, 5.41) is 6.64. The Balaban J connectivity index is -0.000000175. The molecule has 0 unspecified atom stereocenters. The van der Waals surface area contributed by atoms with E-state index < -0.39 is 0 Å². The van der Waals surface area contributed by atoms with E-state index in [2.05, 4.69) is 205 Å². The first-order chi connectivity index (χ1) is 38.1. The first-order valence-electron chi connectivity index (χ1n) is 30.8. The van der Waals surface area contributed by atoms with Gasteiger partial charge in [-0.2, -0.15) is 33.7 Å². The molecule has 0 heterocycles. The fraction of sp³-hybridized carbons (Fsp3) is 0.526. The molecule has 456 valence electrons. The monoisotopic (exact) mass is 1140 g/mol. The molecule has 4 aromatic carbocycles. The number of halogens is 1. The SMILES string of the molecule is C.C=C.C=CCC(CCC)CCC.CC.CC.CC.CCCCC.CCCCCC1=CC=CCC1.CNCNc1cc(C)cc(C(/C(C)=C(/C)CC(C)C)=C(/C)c2ccc(C)cc2)c1.Cc1[c-]cc(SF)cc1.Cc1ccccc1.[Na+]. The van der Waals surface area contributed by atoms with Gasteiger partial charge in [-0.1, -0.05) is 274 Å². The Hall–Kier alpha value is -3.64. The van der Waals surface area contributed by atoms with Crippen molar-refractivity contribution in [3.8, 4) is 0 Å². The van der Waals surface area contributed by atoms with Gasteiger partial charge in [-0.15, -0.1) is 19.7 Å². The molecule has 5 rings (SSSR count). The minimum absolute atomic E-state index is 0. The van der Waals surface area contributed by atoms with Crippen LogP contribution in [0.4, 0.5) is 9.57 Å². The molecule has 0 spiro atoms. The Morgan fingerprint density at radius 1 is 0.704 bits per heavy atom. The van der Waals surface area contributed by atoms with Crippen molar-refractivity contribution < 1.29 is 33.4 Å². The molecule has 0 bridgehead atoms. The minimum Gasteiger partial charge on any atom is -0.372 e. The van der Waals surface area contributed by atoms with Gasteiger partial charge < -0.3 is 10.6 Å². The largest absolute Gasteiger partial charge is 1.00 e. The molecular formula is C76H128FN2NaS. The molecule has 0 saturated carbocycles. The summed E-state index contributed by atoms with van der Waals surface area (Å²) in [5.74, 6) is 1.56. The van der Waals surface area contributed by atoms with Gasteiger partial charge in [0.25, 0.3) is 0 Å². The van der Waals surface area contributed by atoms with Crippen molar-refractivity contribution in [1.29, 1.82) is 0 Å². The smallest absolute Gasteiger partial charge is 0.372 e. The zero-order valence-electron chi connectivity index (χ0n) is 56.3. The molecule has 2 N–H and O–H groups in total. The molecule has 1 aliphatic rings. The third kappa shape index (κ3) is 51.7. The molecule has 0 aromatic heterocycles. The van der Waals surface area contributed by atoms with E-state index in [1.165, 1.54) is 140 Å². The number of rotatable bonds is 21. The number of unbranched alkanes of at least 4 members (excludes halogenated alkanes) is 4. The Morgan fingerprint density at radius 3 is 1.67 bits per heavy atom. The van der Waals surface area contributed by atoms with Crippen LogP contribution in [0.15, 0.2) is 157 Å². The Kier molecular flexibility index (Phi) is 75.5. The van der Waals surface area contributed by atoms with Crippen LogP contribution in [-0.4, -0.2) is 13.7 Å². The first-order valence-corrected chi connectivity index (χ1v) is 31.5. The predicted octanol–water partition coefficient (Wildman–Crippen LogP) is 23.3. The van der Waals surface area contributed by atoms with Crippen molar-refractivity contribution in [2.75, 3.05) is 19.0 Å². The number of benzene rings is 4. The van der Waals surface area contributed by atoms with Crippen LogP contribution in [0.25, 0.3) is 11.1 Å². The summed E-state index contributed by atoms with van der Waals surface area (Å²) in [6.45, 7) is 53.4. The van der Waals surface area contributed by atoms with Crippen LogP contribution < -0.4 is 40.2 Å². The number of nitrogens with one attached hydrogen (secondary N) is 2. The summed E-state index contributed by atoms with van der Waals surface area (Å²) < 4.78 is 11.8. The standard InChI is InChI=1S/C27H38N2.C11H18.C10H20.C7H6FS.C7H8.C5H12.3C2H6.C2H4.CH4.Na/c1-18(2)13-21(5)22(6)27(23(7)24-11-9-19(3)10-12-24)25-14-20(4)15-26(16-25)29-17-28-8;1-2-3-5-8-11-9-6-4-7-10-11;1-4-7-10(8-5-2)9-6-3;1-6-2-4-7(9-8)5-3-6;1-7-5-3-2-4-6-7;1-3-5-4-2;4*1-2;;/h9-12,14-16,18,28-29H,13,17H2,1-8H3;4,6,9H,2-3,5,7-8,10H2,1H3;4,10H,1,5-9H2,2-3H3;2,4-5H,1H3;2-6H,1H3;3-5H2,1-2H3;3*1-2H3;1-2H2;1H4;/q;;;-1;;;;;;;;+1/b22-21-,27-23-;;;;;;;;;;;. The van der Waals surface area contributed by atoms with Crippen LogP contribution in [0.2, 0.25) is 0 Å². The van der Waals surface area contributed by atoms with Gasteiger partial charge in [-0.25, -0.2) is 0 Å². The van der Waals surface area contributed by atoms with Crippen molar-refractivity contribution in [1.82, 2.24) is 5.32 Å². The van der Waals surface area contributed by atoms with Crippen molar-refractivity contribution in [3.05, 3.63) is 191 Å². The third-order valence-corrected chi connectivity index (χ3v) is 12.6. The fourth-order valence-electron chi connectivity index (χ4n) is 8.18. The number of anilines is 1. The average Bonchev–Trinajstić information content (AvgIpc) is 3.46. The maximum atomic E-state index is 11.8. The normalized spacial score (nSPS) is 10.9. The summed E-state index contributed by atoms with van der Waals surface area (Å²) in [6, 6.07) is 34.0. The predicted molar refractivity (Wildman–Crippen MR) is 374 cm³/mol. The molecule has 1 aliphatic carbocycles. The van der Waals surface area contributed by atoms with Gasteiger partial charge in [0.2, 0.25) is 0 Å². The average molecular weight is 1140 g/mol. The van der Waals surface area contributed by atoms with Crippen molar-refractivity contribution >= 4 is 29.0 Å². The van der Waals surface area contributed by atoms with Gasteiger partial charge in [-0.3, -0.25) is 0 Å². The van der Waals surface area contributed by atoms with Gasteiger partial charge in [0, 0.05) is 17.8 Å². The van der Waals surface area contributed by atoms with Crippen LogP contribution in [-0.2, 0) is 0 Å². The van der Waals surface area contributed by atoms with E-state index in [0.29, 0.717) is 10.8 Å². The second-order valence-corrected chi connectivity index (χ2v) is 20.3. The maximum Gasteiger partial charge on any atom is 1.00 e. The molecule has 2 nitrogen and oxygen atoms in total. The van der Waals surface area contributed by atoms with E-state index in [9.17, 15) is 3.89 Å². The topological polar surface area (TPSA) is 24.1 Å². The van der Waals surface area contributed by atoms with E-state index >= 15 is 0 Å². The molecule has 4 aromatic rings. The maximum absolute atomic E-state index is 11.8. The number of allylic oxidation sites excluding steroid dienone is 9. The molecule has 5 heteroatoms. The zero-order chi connectivity index (χ0) is 61.2. The van der Waals surface area contributed by atoms with Gasteiger partial charge in [-0.05, 0) is 144 Å². The van der Waals surface area contributed by atoms with Crippen LogP contribution in [0.3, 0.4) is 0 Å². The molecule has 0 aliphatic heterocycles.